The lowest BCUT2D eigenvalue weighted by Crippen LogP contribution is -2.39. The second-order valence-electron chi connectivity index (χ2n) is 4.92. The first kappa shape index (κ1) is 13.9. The highest BCUT2D eigenvalue weighted by Crippen LogP contribution is 2.29. The second kappa shape index (κ2) is 5.37. The molecular formula is C15H15FN2O2S. The predicted molar refractivity (Wildman–Crippen MR) is 81.1 cm³/mol. The van der Waals surface area contributed by atoms with E-state index in [0.29, 0.717) is 17.9 Å². The number of nitrogens with one attached hydrogen (secondary N) is 1. The van der Waals surface area contributed by atoms with Crippen LogP contribution in [-0.4, -0.2) is 15.0 Å². The monoisotopic (exact) mass is 306 g/mol. The van der Waals surface area contributed by atoms with Gasteiger partial charge in [-0.05, 0) is 48.7 Å². The predicted octanol–water partition coefficient (Wildman–Crippen LogP) is 2.94. The lowest BCUT2D eigenvalue weighted by molar-refractivity contribution is 0.591. The smallest absolute Gasteiger partial charge is 0.267 e. The van der Waals surface area contributed by atoms with Crippen molar-refractivity contribution >= 4 is 21.6 Å². The van der Waals surface area contributed by atoms with Gasteiger partial charge in [0.2, 0.25) is 0 Å². The Kier molecular flexibility index (Phi) is 3.55. The molecule has 0 unspecified atom stereocenters. The molecule has 0 saturated heterocycles. The van der Waals surface area contributed by atoms with Crippen LogP contribution in [0.5, 0.6) is 0 Å². The second-order valence-corrected chi connectivity index (χ2v) is 6.51. The maximum Gasteiger partial charge on any atom is 0.323 e. The molecule has 3 rings (SSSR count). The van der Waals surface area contributed by atoms with E-state index in [2.05, 4.69) is 4.72 Å². The molecule has 2 aromatic carbocycles. The largest absolute Gasteiger partial charge is 0.323 e. The van der Waals surface area contributed by atoms with Crippen LogP contribution >= 0.6 is 0 Å². The van der Waals surface area contributed by atoms with Gasteiger partial charge in [0.15, 0.2) is 0 Å². The Morgan fingerprint density at radius 3 is 2.52 bits per heavy atom. The van der Waals surface area contributed by atoms with E-state index in [1.54, 1.807) is 6.07 Å². The summed E-state index contributed by atoms with van der Waals surface area (Å²) in [5, 5.41) is 0. The van der Waals surface area contributed by atoms with E-state index in [1.165, 1.54) is 28.6 Å². The number of para-hydroxylation sites is 1. The minimum Gasteiger partial charge on any atom is -0.267 e. The third-order valence-electron chi connectivity index (χ3n) is 3.45. The third kappa shape index (κ3) is 2.85. The molecule has 0 atom stereocenters. The van der Waals surface area contributed by atoms with Gasteiger partial charge >= 0.3 is 10.2 Å². The van der Waals surface area contributed by atoms with Crippen molar-refractivity contribution in [2.45, 2.75) is 12.8 Å². The van der Waals surface area contributed by atoms with Crippen LogP contribution in [0.25, 0.3) is 0 Å². The normalized spacial score (nSPS) is 14.6. The van der Waals surface area contributed by atoms with E-state index in [9.17, 15) is 12.8 Å². The molecule has 0 saturated carbocycles. The van der Waals surface area contributed by atoms with Crippen LogP contribution in [-0.2, 0) is 16.6 Å². The standard InChI is InChI=1S/C15H15FN2O2S/c16-13-7-9-14(10-8-13)17-21(19,20)18-11-3-5-12-4-1-2-6-15(12)18/h1-2,4,6-10,17H,3,5,11H2. The zero-order chi connectivity index (χ0) is 14.9. The summed E-state index contributed by atoms with van der Waals surface area (Å²) in [4.78, 5) is 0. The Bertz CT molecular complexity index is 745. The van der Waals surface area contributed by atoms with Crippen molar-refractivity contribution in [2.75, 3.05) is 15.6 Å². The number of hydrogen-bond acceptors (Lipinski definition) is 2. The zero-order valence-electron chi connectivity index (χ0n) is 11.3. The molecule has 0 bridgehead atoms. The molecule has 21 heavy (non-hydrogen) atoms. The van der Waals surface area contributed by atoms with Crippen LogP contribution < -0.4 is 9.03 Å². The molecular weight excluding hydrogens is 291 g/mol. The van der Waals surface area contributed by atoms with E-state index in [1.807, 2.05) is 18.2 Å². The van der Waals surface area contributed by atoms with Gasteiger partial charge in [0.05, 0.1) is 11.4 Å². The van der Waals surface area contributed by atoms with Crippen LogP contribution in [0.1, 0.15) is 12.0 Å². The molecule has 6 heteroatoms. The van der Waals surface area contributed by atoms with Crippen molar-refractivity contribution < 1.29 is 12.8 Å². The summed E-state index contributed by atoms with van der Waals surface area (Å²) in [6.07, 6.45) is 1.65. The van der Waals surface area contributed by atoms with Crippen molar-refractivity contribution in [3.8, 4) is 0 Å². The summed E-state index contributed by atoms with van der Waals surface area (Å²) in [5.41, 5.74) is 2.08. The number of aryl methyl sites for hydroxylation is 1. The molecule has 1 aliphatic heterocycles. The van der Waals surface area contributed by atoms with E-state index in [4.69, 9.17) is 0 Å². The van der Waals surface area contributed by atoms with Gasteiger partial charge in [-0.15, -0.1) is 0 Å². The van der Waals surface area contributed by atoms with Crippen molar-refractivity contribution in [2.24, 2.45) is 0 Å². The maximum absolute atomic E-state index is 12.9. The van der Waals surface area contributed by atoms with Gasteiger partial charge in [-0.25, -0.2) is 4.39 Å². The fraction of sp³-hybridized carbons (Fsp3) is 0.200. The van der Waals surface area contributed by atoms with Gasteiger partial charge in [0.1, 0.15) is 5.82 Å². The number of hydrogen-bond donors (Lipinski definition) is 1. The lowest BCUT2D eigenvalue weighted by atomic mass is 10.0. The van der Waals surface area contributed by atoms with Crippen molar-refractivity contribution in [1.82, 2.24) is 0 Å². The topological polar surface area (TPSA) is 49.4 Å². The van der Waals surface area contributed by atoms with Gasteiger partial charge in [0, 0.05) is 6.54 Å². The van der Waals surface area contributed by atoms with Crippen molar-refractivity contribution in [3.63, 3.8) is 0 Å². The van der Waals surface area contributed by atoms with Crippen molar-refractivity contribution in [1.29, 1.82) is 0 Å². The highest BCUT2D eigenvalue weighted by atomic mass is 32.2. The minimum absolute atomic E-state index is 0.347. The highest BCUT2D eigenvalue weighted by molar-refractivity contribution is 7.94. The molecule has 0 amide bonds. The van der Waals surface area contributed by atoms with Gasteiger partial charge in [-0.1, -0.05) is 18.2 Å². The third-order valence-corrected chi connectivity index (χ3v) is 4.90. The molecule has 1 heterocycles. The van der Waals surface area contributed by atoms with Crippen LogP contribution in [0.15, 0.2) is 48.5 Å². The van der Waals surface area contributed by atoms with Crippen LogP contribution in [0, 0.1) is 5.82 Å². The van der Waals surface area contributed by atoms with E-state index in [-0.39, 0.29) is 0 Å². The summed E-state index contributed by atoms with van der Waals surface area (Å²) < 4.78 is 41.8. The molecule has 4 nitrogen and oxygen atoms in total. The minimum atomic E-state index is -3.70. The average Bonchev–Trinajstić information content (AvgIpc) is 2.49. The van der Waals surface area contributed by atoms with Gasteiger partial charge in [-0.3, -0.25) is 9.03 Å². The first-order chi connectivity index (χ1) is 10.1. The number of fused-ring (bicyclic) bond motifs is 1. The molecule has 110 valence electrons. The lowest BCUT2D eigenvalue weighted by Gasteiger charge is -2.30. The molecule has 0 spiro atoms. The van der Waals surface area contributed by atoms with Crippen LogP contribution in [0.2, 0.25) is 0 Å². The summed E-state index contributed by atoms with van der Waals surface area (Å²) in [7, 11) is -3.70. The summed E-state index contributed by atoms with van der Waals surface area (Å²) in [5.74, 6) is -0.402. The Morgan fingerprint density at radius 2 is 1.76 bits per heavy atom. The Labute approximate surface area is 123 Å². The quantitative estimate of drug-likeness (QED) is 0.948. The van der Waals surface area contributed by atoms with E-state index in [0.717, 1.165) is 18.4 Å². The fourth-order valence-corrected chi connectivity index (χ4v) is 3.82. The van der Waals surface area contributed by atoms with E-state index < -0.39 is 16.0 Å². The molecule has 0 radical (unpaired) electrons. The number of halogens is 1. The molecule has 0 aliphatic carbocycles. The number of nitrogens with zero attached hydrogens (tertiary/aromatic N) is 1. The van der Waals surface area contributed by atoms with E-state index >= 15 is 0 Å². The maximum atomic E-state index is 12.9. The molecule has 1 N–H and O–H groups in total. The van der Waals surface area contributed by atoms with Crippen LogP contribution in [0.4, 0.5) is 15.8 Å². The summed E-state index contributed by atoms with van der Waals surface area (Å²) in [6, 6.07) is 12.7. The molecule has 2 aromatic rings. The Balaban J connectivity index is 1.91. The summed E-state index contributed by atoms with van der Waals surface area (Å²) >= 11 is 0. The zero-order valence-corrected chi connectivity index (χ0v) is 12.1. The molecule has 0 aromatic heterocycles. The fourth-order valence-electron chi connectivity index (χ4n) is 2.47. The average molecular weight is 306 g/mol. The molecule has 0 fully saturated rings. The number of rotatable bonds is 3. The Hall–Kier alpha value is -2.08. The van der Waals surface area contributed by atoms with Gasteiger partial charge < -0.3 is 0 Å². The van der Waals surface area contributed by atoms with Gasteiger partial charge in [0.25, 0.3) is 0 Å². The molecule has 1 aliphatic rings. The number of benzene rings is 2. The van der Waals surface area contributed by atoms with Crippen LogP contribution in [0.3, 0.4) is 0 Å². The first-order valence-corrected chi connectivity index (χ1v) is 8.14. The SMILES string of the molecule is O=S(=O)(Nc1ccc(F)cc1)N1CCCc2ccccc21. The highest BCUT2D eigenvalue weighted by Gasteiger charge is 2.27. The number of anilines is 2. The van der Waals surface area contributed by atoms with Gasteiger partial charge in [-0.2, -0.15) is 8.42 Å². The van der Waals surface area contributed by atoms with Crippen molar-refractivity contribution in [3.05, 3.63) is 59.9 Å². The first-order valence-electron chi connectivity index (χ1n) is 6.70. The Morgan fingerprint density at radius 1 is 1.05 bits per heavy atom. The summed E-state index contributed by atoms with van der Waals surface area (Å²) in [6.45, 7) is 0.438.